The largest absolute Gasteiger partial charge is 0.341 e. The quantitative estimate of drug-likeness (QED) is 0.768. The lowest BCUT2D eigenvalue weighted by atomic mass is 9.90. The molecule has 0 spiro atoms. The van der Waals surface area contributed by atoms with E-state index in [0.29, 0.717) is 32.4 Å². The molecule has 1 aliphatic rings. The van der Waals surface area contributed by atoms with Crippen molar-refractivity contribution in [2.45, 2.75) is 39.0 Å². The van der Waals surface area contributed by atoms with Crippen molar-refractivity contribution in [1.82, 2.24) is 9.88 Å². The minimum Gasteiger partial charge on any atom is -0.341 e. The van der Waals surface area contributed by atoms with E-state index in [0.717, 1.165) is 16.8 Å². The molecule has 0 aliphatic carbocycles. The molecule has 0 atom stereocenters. The molecular formula is C22H26FN3O2. The van der Waals surface area contributed by atoms with E-state index >= 15 is 0 Å². The fraction of sp³-hybridized carbons (Fsp3) is 0.409. The second-order valence-corrected chi connectivity index (χ2v) is 7.26. The zero-order valence-electron chi connectivity index (χ0n) is 16.6. The summed E-state index contributed by atoms with van der Waals surface area (Å²) < 4.78 is 14.4. The van der Waals surface area contributed by atoms with Gasteiger partial charge in [0.25, 0.3) is 0 Å². The van der Waals surface area contributed by atoms with E-state index in [4.69, 9.17) is 0 Å². The number of anilines is 1. The molecule has 2 aromatic rings. The highest BCUT2D eigenvalue weighted by Crippen LogP contribution is 2.31. The summed E-state index contributed by atoms with van der Waals surface area (Å²) in [6.45, 7) is 4.91. The van der Waals surface area contributed by atoms with Gasteiger partial charge in [-0.15, -0.1) is 0 Å². The van der Waals surface area contributed by atoms with Crippen molar-refractivity contribution in [2.24, 2.45) is 0 Å². The van der Waals surface area contributed by atoms with Gasteiger partial charge < -0.3 is 9.80 Å². The van der Waals surface area contributed by atoms with Crippen LogP contribution in [-0.2, 0) is 16.0 Å². The van der Waals surface area contributed by atoms with Crippen LogP contribution in [0.1, 0.15) is 42.5 Å². The predicted octanol–water partition coefficient (Wildman–Crippen LogP) is 3.46. The second kappa shape index (κ2) is 8.50. The van der Waals surface area contributed by atoms with Gasteiger partial charge in [0.2, 0.25) is 11.8 Å². The lowest BCUT2D eigenvalue weighted by Crippen LogP contribution is -2.48. The number of carbonyl (C=O) groups is 2. The molecule has 5 nitrogen and oxygen atoms in total. The van der Waals surface area contributed by atoms with Crippen LogP contribution in [0.4, 0.5) is 10.1 Å². The van der Waals surface area contributed by atoms with Crippen molar-refractivity contribution in [1.29, 1.82) is 0 Å². The van der Waals surface area contributed by atoms with Crippen LogP contribution in [0.2, 0.25) is 0 Å². The van der Waals surface area contributed by atoms with Crippen molar-refractivity contribution in [3.63, 3.8) is 0 Å². The highest BCUT2D eigenvalue weighted by atomic mass is 19.1. The molecule has 1 aromatic carbocycles. The average Bonchev–Trinajstić information content (AvgIpc) is 2.65. The van der Waals surface area contributed by atoms with Gasteiger partial charge in [0.1, 0.15) is 5.82 Å². The van der Waals surface area contributed by atoms with Crippen LogP contribution >= 0.6 is 0 Å². The van der Waals surface area contributed by atoms with Crippen molar-refractivity contribution in [3.05, 3.63) is 59.2 Å². The molecule has 2 amide bonds. The average molecular weight is 383 g/mol. The number of halogens is 1. The summed E-state index contributed by atoms with van der Waals surface area (Å²) >= 11 is 0. The van der Waals surface area contributed by atoms with Crippen LogP contribution in [-0.4, -0.2) is 41.8 Å². The summed E-state index contributed by atoms with van der Waals surface area (Å²) in [5, 5.41) is 0. The number of amides is 2. The fourth-order valence-corrected chi connectivity index (χ4v) is 3.50. The van der Waals surface area contributed by atoms with Crippen LogP contribution in [0, 0.1) is 12.7 Å². The van der Waals surface area contributed by atoms with E-state index in [-0.39, 0.29) is 23.4 Å². The van der Waals surface area contributed by atoms with Gasteiger partial charge in [-0.1, -0.05) is 19.1 Å². The summed E-state index contributed by atoms with van der Waals surface area (Å²) in [6, 6.07) is 8.87. The zero-order valence-corrected chi connectivity index (χ0v) is 16.6. The lowest BCUT2D eigenvalue weighted by molar-refractivity contribution is -0.135. The Morgan fingerprint density at radius 2 is 2.04 bits per heavy atom. The van der Waals surface area contributed by atoms with Gasteiger partial charge in [-0.25, -0.2) is 4.39 Å². The summed E-state index contributed by atoms with van der Waals surface area (Å²) in [4.78, 5) is 31.6. The maximum atomic E-state index is 14.4. The third kappa shape index (κ3) is 4.21. The third-order valence-corrected chi connectivity index (χ3v) is 5.44. The van der Waals surface area contributed by atoms with Gasteiger partial charge in [-0.3, -0.25) is 14.6 Å². The molecule has 0 unspecified atom stereocenters. The van der Waals surface area contributed by atoms with E-state index in [1.165, 1.54) is 11.0 Å². The Labute approximate surface area is 165 Å². The molecule has 0 saturated carbocycles. The number of nitrogens with zero attached hydrogens (tertiary/aromatic N) is 3. The van der Waals surface area contributed by atoms with Crippen LogP contribution in [0.3, 0.4) is 0 Å². The van der Waals surface area contributed by atoms with E-state index in [2.05, 4.69) is 4.98 Å². The Bertz CT molecular complexity index is 878. The number of benzene rings is 1. The summed E-state index contributed by atoms with van der Waals surface area (Å²) in [5.41, 5.74) is 3.20. The highest BCUT2D eigenvalue weighted by Gasteiger charge is 2.32. The van der Waals surface area contributed by atoms with Crippen LogP contribution < -0.4 is 4.90 Å². The fourth-order valence-electron chi connectivity index (χ4n) is 3.50. The van der Waals surface area contributed by atoms with Gasteiger partial charge in [0, 0.05) is 50.8 Å². The lowest BCUT2D eigenvalue weighted by Gasteiger charge is -2.40. The Kier molecular flexibility index (Phi) is 6.07. The first-order valence-corrected chi connectivity index (χ1v) is 9.65. The standard InChI is InChI=1S/C22H26FN3O2/c1-4-21(27)25(3)20-9-7-17(12-19(20)23)18-13-26(14-18)22(28)10-8-16-6-5-11-24-15(16)2/h5-7,9,11-12,18H,4,8,10,13-14H2,1-3H3. The SMILES string of the molecule is CCC(=O)N(C)c1ccc(C2CN(C(=O)CCc3cccnc3C)C2)cc1F. The van der Waals surface area contributed by atoms with Gasteiger partial charge in [-0.05, 0) is 42.7 Å². The van der Waals surface area contributed by atoms with E-state index < -0.39 is 5.82 Å². The molecule has 0 radical (unpaired) electrons. The number of pyridine rings is 1. The molecule has 2 heterocycles. The Hall–Kier alpha value is -2.76. The molecule has 0 bridgehead atoms. The van der Waals surface area contributed by atoms with Gasteiger partial charge in [0.05, 0.1) is 5.69 Å². The van der Waals surface area contributed by atoms with E-state index in [9.17, 15) is 14.0 Å². The first kappa shape index (κ1) is 20.0. The Morgan fingerprint density at radius 1 is 1.29 bits per heavy atom. The molecule has 3 rings (SSSR count). The van der Waals surface area contributed by atoms with E-state index in [1.807, 2.05) is 30.0 Å². The number of rotatable bonds is 6. The highest BCUT2D eigenvalue weighted by molar-refractivity contribution is 5.92. The molecule has 6 heteroatoms. The van der Waals surface area contributed by atoms with Crippen LogP contribution in [0.25, 0.3) is 0 Å². The summed E-state index contributed by atoms with van der Waals surface area (Å²) in [7, 11) is 1.58. The topological polar surface area (TPSA) is 53.5 Å². The molecule has 1 saturated heterocycles. The third-order valence-electron chi connectivity index (χ3n) is 5.44. The van der Waals surface area contributed by atoms with E-state index in [1.54, 1.807) is 26.2 Å². The minimum atomic E-state index is -0.404. The zero-order chi connectivity index (χ0) is 20.3. The first-order valence-electron chi connectivity index (χ1n) is 9.65. The van der Waals surface area contributed by atoms with Gasteiger partial charge in [0.15, 0.2) is 0 Å². The van der Waals surface area contributed by atoms with Crippen molar-refractivity contribution < 1.29 is 14.0 Å². The van der Waals surface area contributed by atoms with Crippen molar-refractivity contribution in [3.8, 4) is 0 Å². The Morgan fingerprint density at radius 3 is 2.68 bits per heavy atom. The van der Waals surface area contributed by atoms with Crippen molar-refractivity contribution in [2.75, 3.05) is 25.0 Å². The summed E-state index contributed by atoms with van der Waals surface area (Å²) in [5.74, 6) is -0.278. The molecule has 1 fully saturated rings. The molecule has 1 aliphatic heterocycles. The van der Waals surface area contributed by atoms with Crippen molar-refractivity contribution >= 4 is 17.5 Å². The summed E-state index contributed by atoms with van der Waals surface area (Å²) in [6.07, 6.45) is 3.22. The second-order valence-electron chi connectivity index (χ2n) is 7.26. The maximum absolute atomic E-state index is 14.4. The Balaban J connectivity index is 1.54. The molecule has 0 N–H and O–H groups in total. The smallest absolute Gasteiger partial charge is 0.226 e. The number of carbonyl (C=O) groups excluding carboxylic acids is 2. The van der Waals surface area contributed by atoms with Gasteiger partial charge in [-0.2, -0.15) is 0 Å². The maximum Gasteiger partial charge on any atom is 0.226 e. The number of likely N-dealkylation sites (tertiary alicyclic amines) is 1. The monoisotopic (exact) mass is 383 g/mol. The van der Waals surface area contributed by atoms with Crippen LogP contribution in [0.15, 0.2) is 36.5 Å². The predicted molar refractivity (Wildman–Crippen MR) is 107 cm³/mol. The number of hydrogen-bond acceptors (Lipinski definition) is 3. The normalized spacial score (nSPS) is 13.9. The molecule has 148 valence electrons. The molecule has 28 heavy (non-hydrogen) atoms. The van der Waals surface area contributed by atoms with Crippen LogP contribution in [0.5, 0.6) is 0 Å². The number of hydrogen-bond donors (Lipinski definition) is 0. The molecule has 1 aromatic heterocycles. The minimum absolute atomic E-state index is 0.116. The first-order chi connectivity index (χ1) is 13.4. The van der Waals surface area contributed by atoms with Gasteiger partial charge >= 0.3 is 0 Å². The number of aromatic nitrogens is 1. The molecular weight excluding hydrogens is 357 g/mol. The number of aryl methyl sites for hydroxylation is 2.